The zero-order valence-electron chi connectivity index (χ0n) is 11.5. The van der Waals surface area contributed by atoms with Crippen molar-refractivity contribution in [2.75, 3.05) is 33.5 Å². The number of rotatable bonds is 7. The first-order chi connectivity index (χ1) is 9.70. The molecule has 1 N–H and O–H groups in total. The minimum atomic E-state index is 0.147. The van der Waals surface area contributed by atoms with Crippen LogP contribution in [0.2, 0.25) is 0 Å². The fourth-order valence-electron chi connectivity index (χ4n) is 2.01. The molecule has 0 amide bonds. The van der Waals surface area contributed by atoms with Gasteiger partial charge in [0, 0.05) is 26.6 Å². The van der Waals surface area contributed by atoms with E-state index in [0.29, 0.717) is 13.2 Å². The highest BCUT2D eigenvalue weighted by molar-refractivity contribution is 9.11. The number of nitrogens with one attached hydrogen (secondary N) is 1. The molecule has 4 nitrogen and oxygen atoms in total. The maximum Gasteiger partial charge on any atom is 0.148 e. The molecule has 6 heteroatoms. The van der Waals surface area contributed by atoms with Crippen LogP contribution >= 0.6 is 31.9 Å². The van der Waals surface area contributed by atoms with Gasteiger partial charge in [0.05, 0.1) is 28.8 Å². The number of halogens is 2. The Labute approximate surface area is 136 Å². The SMILES string of the molecule is COCCNCc1cc(Br)c(OC2CCOC2)c(Br)c1. The third-order valence-corrected chi connectivity index (χ3v) is 4.22. The average Bonchev–Trinajstić information content (AvgIpc) is 2.92. The summed E-state index contributed by atoms with van der Waals surface area (Å²) in [6.45, 7) is 3.79. The number of hydrogen-bond acceptors (Lipinski definition) is 4. The minimum absolute atomic E-state index is 0.147. The van der Waals surface area contributed by atoms with Crippen LogP contribution in [0.5, 0.6) is 5.75 Å². The van der Waals surface area contributed by atoms with Crippen LogP contribution in [-0.2, 0) is 16.0 Å². The van der Waals surface area contributed by atoms with Gasteiger partial charge in [-0.1, -0.05) is 0 Å². The molecule has 20 heavy (non-hydrogen) atoms. The summed E-state index contributed by atoms with van der Waals surface area (Å²) in [6, 6.07) is 4.16. The van der Waals surface area contributed by atoms with Crippen molar-refractivity contribution >= 4 is 31.9 Å². The predicted molar refractivity (Wildman–Crippen MR) is 85.3 cm³/mol. The van der Waals surface area contributed by atoms with E-state index in [1.54, 1.807) is 7.11 Å². The number of benzene rings is 1. The number of ether oxygens (including phenoxy) is 3. The van der Waals surface area contributed by atoms with Gasteiger partial charge in [0.1, 0.15) is 11.9 Å². The molecule has 1 aromatic rings. The Balaban J connectivity index is 1.96. The van der Waals surface area contributed by atoms with Gasteiger partial charge in [-0.05, 0) is 49.6 Å². The standard InChI is InChI=1S/C14H19Br2NO3/c1-18-5-3-17-8-10-6-12(15)14(13(16)7-10)20-11-2-4-19-9-11/h6-7,11,17H,2-5,8-9H2,1H3. The van der Waals surface area contributed by atoms with Gasteiger partial charge in [-0.3, -0.25) is 0 Å². The first-order valence-corrected chi connectivity index (χ1v) is 8.21. The fourth-order valence-corrected chi connectivity index (χ4v) is 3.47. The topological polar surface area (TPSA) is 39.7 Å². The largest absolute Gasteiger partial charge is 0.486 e. The van der Waals surface area contributed by atoms with Crippen molar-refractivity contribution in [2.45, 2.75) is 19.1 Å². The van der Waals surface area contributed by atoms with Crippen molar-refractivity contribution in [1.29, 1.82) is 0 Å². The minimum Gasteiger partial charge on any atom is -0.486 e. The van der Waals surface area contributed by atoms with Crippen molar-refractivity contribution in [1.82, 2.24) is 5.32 Å². The lowest BCUT2D eigenvalue weighted by atomic mass is 10.2. The van der Waals surface area contributed by atoms with E-state index in [1.807, 2.05) is 0 Å². The summed E-state index contributed by atoms with van der Waals surface area (Å²) in [5.41, 5.74) is 1.19. The third kappa shape index (κ3) is 4.70. The lowest BCUT2D eigenvalue weighted by Gasteiger charge is -2.16. The summed E-state index contributed by atoms with van der Waals surface area (Å²) in [7, 11) is 1.70. The maximum atomic E-state index is 5.98. The highest BCUT2D eigenvalue weighted by Gasteiger charge is 2.20. The van der Waals surface area contributed by atoms with E-state index in [0.717, 1.165) is 40.8 Å². The molecule has 0 spiro atoms. The molecule has 0 aromatic heterocycles. The molecule has 1 aliphatic heterocycles. The van der Waals surface area contributed by atoms with Crippen LogP contribution in [0.4, 0.5) is 0 Å². The van der Waals surface area contributed by atoms with Crippen LogP contribution in [0, 0.1) is 0 Å². The summed E-state index contributed by atoms with van der Waals surface area (Å²) in [4.78, 5) is 0. The van der Waals surface area contributed by atoms with Gasteiger partial charge in [0.25, 0.3) is 0 Å². The highest BCUT2D eigenvalue weighted by atomic mass is 79.9. The van der Waals surface area contributed by atoms with Crippen LogP contribution in [-0.4, -0.2) is 39.6 Å². The number of methoxy groups -OCH3 is 1. The monoisotopic (exact) mass is 407 g/mol. The lowest BCUT2D eigenvalue weighted by molar-refractivity contribution is 0.140. The Bertz CT molecular complexity index is 413. The van der Waals surface area contributed by atoms with Crippen LogP contribution in [0.25, 0.3) is 0 Å². The van der Waals surface area contributed by atoms with Gasteiger partial charge in [-0.2, -0.15) is 0 Å². The normalized spacial score (nSPS) is 18.4. The Morgan fingerprint density at radius 2 is 2.10 bits per heavy atom. The molecule has 0 bridgehead atoms. The molecule has 1 unspecified atom stereocenters. The van der Waals surface area contributed by atoms with Crippen LogP contribution in [0.15, 0.2) is 21.1 Å². The van der Waals surface area contributed by atoms with E-state index in [2.05, 4.69) is 49.3 Å². The smallest absolute Gasteiger partial charge is 0.148 e. The molecule has 0 saturated carbocycles. The summed E-state index contributed by atoms with van der Waals surface area (Å²) >= 11 is 7.16. The van der Waals surface area contributed by atoms with E-state index in [9.17, 15) is 0 Å². The van der Waals surface area contributed by atoms with Crippen LogP contribution in [0.3, 0.4) is 0 Å². The molecule has 1 fully saturated rings. The second-order valence-electron chi connectivity index (χ2n) is 4.66. The summed E-state index contributed by atoms with van der Waals surface area (Å²) in [5, 5.41) is 3.32. The van der Waals surface area contributed by atoms with Gasteiger partial charge in [0.2, 0.25) is 0 Å². The van der Waals surface area contributed by atoms with Crippen molar-refractivity contribution in [3.63, 3.8) is 0 Å². The zero-order chi connectivity index (χ0) is 14.4. The van der Waals surface area contributed by atoms with Crippen LogP contribution < -0.4 is 10.1 Å². The second kappa shape index (κ2) is 8.34. The molecule has 1 saturated heterocycles. The Morgan fingerprint density at radius 1 is 1.35 bits per heavy atom. The summed E-state index contributed by atoms with van der Waals surface area (Å²) in [5.74, 6) is 0.848. The quantitative estimate of drug-likeness (QED) is 0.703. The molecule has 112 valence electrons. The second-order valence-corrected chi connectivity index (χ2v) is 6.37. The van der Waals surface area contributed by atoms with Gasteiger partial charge >= 0.3 is 0 Å². The van der Waals surface area contributed by atoms with Gasteiger partial charge in [0.15, 0.2) is 0 Å². The first kappa shape index (κ1) is 16.2. The Morgan fingerprint density at radius 3 is 2.70 bits per heavy atom. The molecular weight excluding hydrogens is 390 g/mol. The summed E-state index contributed by atoms with van der Waals surface area (Å²) in [6.07, 6.45) is 1.09. The average molecular weight is 409 g/mol. The van der Waals surface area contributed by atoms with Crippen molar-refractivity contribution < 1.29 is 14.2 Å². The molecule has 0 aliphatic carbocycles. The van der Waals surface area contributed by atoms with Crippen molar-refractivity contribution in [3.8, 4) is 5.75 Å². The lowest BCUT2D eigenvalue weighted by Crippen LogP contribution is -2.19. The Hall–Kier alpha value is -0.140. The molecule has 1 atom stereocenters. The zero-order valence-corrected chi connectivity index (χ0v) is 14.6. The van der Waals surface area contributed by atoms with Crippen molar-refractivity contribution in [2.24, 2.45) is 0 Å². The predicted octanol–water partition coefficient (Wildman–Crippen LogP) is 3.12. The van der Waals surface area contributed by atoms with Crippen molar-refractivity contribution in [3.05, 3.63) is 26.6 Å². The fraction of sp³-hybridized carbons (Fsp3) is 0.571. The van der Waals surface area contributed by atoms with E-state index >= 15 is 0 Å². The molecule has 0 radical (unpaired) electrons. The highest BCUT2D eigenvalue weighted by Crippen LogP contribution is 2.36. The molecular formula is C14H19Br2NO3. The van der Waals surface area contributed by atoms with E-state index in [-0.39, 0.29) is 6.10 Å². The first-order valence-electron chi connectivity index (χ1n) is 6.62. The van der Waals surface area contributed by atoms with Crippen LogP contribution in [0.1, 0.15) is 12.0 Å². The van der Waals surface area contributed by atoms with E-state index < -0.39 is 0 Å². The Kier molecular flexibility index (Phi) is 6.77. The molecule has 2 rings (SSSR count). The maximum absolute atomic E-state index is 5.98. The van der Waals surface area contributed by atoms with E-state index in [4.69, 9.17) is 14.2 Å². The summed E-state index contributed by atoms with van der Waals surface area (Å²) < 4.78 is 18.2. The molecule has 1 aromatic carbocycles. The van der Waals surface area contributed by atoms with E-state index in [1.165, 1.54) is 5.56 Å². The van der Waals surface area contributed by atoms with Gasteiger partial charge in [-0.15, -0.1) is 0 Å². The van der Waals surface area contributed by atoms with Gasteiger partial charge < -0.3 is 19.5 Å². The number of hydrogen-bond donors (Lipinski definition) is 1. The van der Waals surface area contributed by atoms with Gasteiger partial charge in [-0.25, -0.2) is 0 Å². The third-order valence-electron chi connectivity index (χ3n) is 3.04. The molecule has 1 heterocycles. The molecule has 1 aliphatic rings.